The van der Waals surface area contributed by atoms with Gasteiger partial charge in [0.15, 0.2) is 11.6 Å². The van der Waals surface area contributed by atoms with Gasteiger partial charge in [-0.2, -0.15) is 0 Å². The van der Waals surface area contributed by atoms with Crippen LogP contribution in [0.4, 0.5) is 0 Å². The van der Waals surface area contributed by atoms with E-state index in [9.17, 15) is 9.59 Å². The molecule has 0 radical (unpaired) electrons. The lowest BCUT2D eigenvalue weighted by atomic mass is 9.82. The Balaban J connectivity index is 2.39. The normalized spacial score (nSPS) is 18.8. The Morgan fingerprint density at radius 1 is 0.758 bits per heavy atom. The third-order valence-electron chi connectivity index (χ3n) is 7.88. The van der Waals surface area contributed by atoms with Crippen molar-refractivity contribution >= 4 is 23.2 Å². The van der Waals surface area contributed by atoms with Crippen LogP contribution >= 0.6 is 11.6 Å². The van der Waals surface area contributed by atoms with E-state index < -0.39 is 0 Å². The predicted molar refractivity (Wildman–Crippen MR) is 144 cm³/mol. The number of allylic oxidation sites excluding steroid dienone is 4. The fourth-order valence-corrected chi connectivity index (χ4v) is 5.28. The molecular weight excluding hydrogens is 428 g/mol. The molecule has 0 saturated heterocycles. The van der Waals surface area contributed by atoms with E-state index in [1.54, 1.807) is 20.8 Å². The maximum Gasteiger partial charge on any atom is 0.185 e. The predicted octanol–water partition coefficient (Wildman–Crippen LogP) is 9.40. The van der Waals surface area contributed by atoms with Crippen LogP contribution in [0.25, 0.3) is 0 Å². The molecular formula is C30H51ClO2. The number of carbonyl (C=O) groups is 2. The maximum atomic E-state index is 12.7. The SMILES string of the molecule is CCC(CCCC(C)CCCC(C)C)CCCC(C)(Cl)CCC1=C(C)C(=O)C(C)=C(C)C1=O. The summed E-state index contributed by atoms with van der Waals surface area (Å²) in [7, 11) is 0. The number of hydrogen-bond acceptors (Lipinski definition) is 2. The van der Waals surface area contributed by atoms with E-state index in [0.717, 1.165) is 37.0 Å². The molecule has 0 bridgehead atoms. The number of alkyl halides is 1. The van der Waals surface area contributed by atoms with Gasteiger partial charge in [-0.3, -0.25) is 9.59 Å². The summed E-state index contributed by atoms with van der Waals surface area (Å²) in [6.07, 6.45) is 14.0. The highest BCUT2D eigenvalue weighted by atomic mass is 35.5. The Bertz CT molecular complexity index is 711. The molecule has 33 heavy (non-hydrogen) atoms. The van der Waals surface area contributed by atoms with Crippen molar-refractivity contribution in [1.82, 2.24) is 0 Å². The summed E-state index contributed by atoms with van der Waals surface area (Å²) >= 11 is 6.86. The Morgan fingerprint density at radius 2 is 1.30 bits per heavy atom. The molecule has 1 aliphatic carbocycles. The van der Waals surface area contributed by atoms with Gasteiger partial charge in [0.2, 0.25) is 0 Å². The minimum atomic E-state index is -0.329. The van der Waals surface area contributed by atoms with Crippen molar-refractivity contribution in [1.29, 1.82) is 0 Å². The highest BCUT2D eigenvalue weighted by molar-refractivity contribution is 6.25. The standard InChI is InChI=1S/C30H51ClO2/c1-9-26(16-11-15-22(4)14-10-13-21(2)3)17-12-19-30(8,31)20-18-27-25(7)28(32)23(5)24(6)29(27)33/h21-22,26H,9-20H2,1-8H3. The van der Waals surface area contributed by atoms with Crippen molar-refractivity contribution in [2.45, 2.75) is 137 Å². The second-order valence-electron chi connectivity index (χ2n) is 11.5. The van der Waals surface area contributed by atoms with E-state index in [0.29, 0.717) is 28.7 Å². The van der Waals surface area contributed by atoms with Crippen LogP contribution < -0.4 is 0 Å². The highest BCUT2D eigenvalue weighted by Crippen LogP contribution is 2.34. The Hall–Kier alpha value is -0.890. The zero-order valence-corrected chi connectivity index (χ0v) is 23.7. The lowest BCUT2D eigenvalue weighted by molar-refractivity contribution is -0.116. The summed E-state index contributed by atoms with van der Waals surface area (Å²) in [5, 5.41) is 0. The zero-order valence-electron chi connectivity index (χ0n) is 22.9. The molecule has 0 heterocycles. The van der Waals surface area contributed by atoms with Gasteiger partial charge in [0.25, 0.3) is 0 Å². The molecule has 1 aliphatic rings. The van der Waals surface area contributed by atoms with Crippen LogP contribution in [-0.4, -0.2) is 16.4 Å². The van der Waals surface area contributed by atoms with E-state index >= 15 is 0 Å². The molecule has 190 valence electrons. The van der Waals surface area contributed by atoms with Gasteiger partial charge in [-0.1, -0.05) is 85.5 Å². The van der Waals surface area contributed by atoms with Crippen LogP contribution in [-0.2, 0) is 9.59 Å². The minimum absolute atomic E-state index is 0.0124. The smallest absolute Gasteiger partial charge is 0.185 e. The molecule has 0 saturated carbocycles. The van der Waals surface area contributed by atoms with Gasteiger partial charge >= 0.3 is 0 Å². The fourth-order valence-electron chi connectivity index (χ4n) is 5.05. The zero-order chi connectivity index (χ0) is 25.2. The molecule has 0 aromatic rings. The highest BCUT2D eigenvalue weighted by Gasteiger charge is 2.30. The summed E-state index contributed by atoms with van der Waals surface area (Å²) in [5.74, 6) is 2.51. The summed E-state index contributed by atoms with van der Waals surface area (Å²) < 4.78 is 0. The van der Waals surface area contributed by atoms with E-state index in [-0.39, 0.29) is 16.4 Å². The topological polar surface area (TPSA) is 34.1 Å². The van der Waals surface area contributed by atoms with Crippen molar-refractivity contribution in [3.8, 4) is 0 Å². The molecule has 0 N–H and O–H groups in total. The van der Waals surface area contributed by atoms with Gasteiger partial charge in [0.1, 0.15) is 0 Å². The summed E-state index contributed by atoms with van der Waals surface area (Å²) in [4.78, 5) is 24.7. The van der Waals surface area contributed by atoms with E-state index in [1.165, 1.54) is 51.4 Å². The molecule has 0 spiro atoms. The van der Waals surface area contributed by atoms with Crippen molar-refractivity contribution < 1.29 is 9.59 Å². The van der Waals surface area contributed by atoms with Gasteiger partial charge in [-0.05, 0) is 64.7 Å². The second kappa shape index (κ2) is 14.5. The minimum Gasteiger partial charge on any atom is -0.289 e. The summed E-state index contributed by atoms with van der Waals surface area (Å²) in [5.41, 5.74) is 2.46. The molecule has 2 nitrogen and oxygen atoms in total. The van der Waals surface area contributed by atoms with Crippen LogP contribution in [0.1, 0.15) is 132 Å². The van der Waals surface area contributed by atoms with E-state index in [4.69, 9.17) is 11.6 Å². The van der Waals surface area contributed by atoms with Crippen molar-refractivity contribution in [2.24, 2.45) is 17.8 Å². The van der Waals surface area contributed by atoms with Crippen LogP contribution in [0.3, 0.4) is 0 Å². The third-order valence-corrected chi connectivity index (χ3v) is 8.26. The van der Waals surface area contributed by atoms with Crippen molar-refractivity contribution in [2.75, 3.05) is 0 Å². The van der Waals surface area contributed by atoms with Crippen LogP contribution in [0.5, 0.6) is 0 Å². The quantitative estimate of drug-likeness (QED) is 0.163. The molecule has 0 amide bonds. The average Bonchev–Trinajstić information content (AvgIpc) is 2.74. The molecule has 0 aromatic carbocycles. The first-order chi connectivity index (χ1) is 15.4. The molecule has 1 rings (SSSR count). The number of ketones is 2. The molecule has 3 unspecified atom stereocenters. The average molecular weight is 479 g/mol. The van der Waals surface area contributed by atoms with Gasteiger partial charge in [-0.15, -0.1) is 11.6 Å². The Kier molecular flexibility index (Phi) is 13.2. The number of hydrogen-bond donors (Lipinski definition) is 0. The van der Waals surface area contributed by atoms with Gasteiger partial charge < -0.3 is 0 Å². The molecule has 0 aromatic heterocycles. The summed E-state index contributed by atoms with van der Waals surface area (Å²) in [6, 6.07) is 0. The summed E-state index contributed by atoms with van der Waals surface area (Å²) in [6.45, 7) is 16.8. The van der Waals surface area contributed by atoms with Crippen molar-refractivity contribution in [3.63, 3.8) is 0 Å². The molecule has 3 heteroatoms. The third kappa shape index (κ3) is 10.5. The molecule has 0 fully saturated rings. The lowest BCUT2D eigenvalue weighted by Crippen LogP contribution is -2.23. The maximum absolute atomic E-state index is 12.7. The van der Waals surface area contributed by atoms with E-state index in [2.05, 4.69) is 34.6 Å². The number of rotatable bonds is 16. The Labute approximate surface area is 210 Å². The largest absolute Gasteiger partial charge is 0.289 e. The molecule has 3 atom stereocenters. The van der Waals surface area contributed by atoms with E-state index in [1.807, 2.05) is 0 Å². The number of halogens is 1. The second-order valence-corrected chi connectivity index (χ2v) is 12.4. The monoisotopic (exact) mass is 478 g/mol. The first kappa shape index (κ1) is 30.1. The van der Waals surface area contributed by atoms with Gasteiger partial charge in [0, 0.05) is 27.2 Å². The molecule has 0 aliphatic heterocycles. The first-order valence-corrected chi connectivity index (χ1v) is 13.9. The van der Waals surface area contributed by atoms with Gasteiger partial charge in [-0.25, -0.2) is 0 Å². The van der Waals surface area contributed by atoms with Crippen LogP contribution in [0, 0.1) is 17.8 Å². The lowest BCUT2D eigenvalue weighted by Gasteiger charge is -2.25. The van der Waals surface area contributed by atoms with Crippen LogP contribution in [0.15, 0.2) is 22.3 Å². The fraction of sp³-hybridized carbons (Fsp3) is 0.800. The first-order valence-electron chi connectivity index (χ1n) is 13.5. The van der Waals surface area contributed by atoms with Crippen LogP contribution in [0.2, 0.25) is 0 Å². The van der Waals surface area contributed by atoms with Gasteiger partial charge in [0.05, 0.1) is 0 Å². The van der Waals surface area contributed by atoms with Crippen molar-refractivity contribution in [3.05, 3.63) is 22.3 Å². The number of carbonyl (C=O) groups excluding carboxylic acids is 2. The number of Topliss-reactive ketones (excluding diaryl/α,β-unsaturated/α-hetero) is 2. The Morgan fingerprint density at radius 3 is 1.88 bits per heavy atom.